The van der Waals surface area contributed by atoms with E-state index in [1.165, 1.54) is 13.0 Å². The van der Waals surface area contributed by atoms with E-state index in [0.29, 0.717) is 11.3 Å². The third-order valence-corrected chi connectivity index (χ3v) is 3.99. The molecule has 0 bridgehead atoms. The highest BCUT2D eigenvalue weighted by Gasteiger charge is 2.17. The largest absolute Gasteiger partial charge is 0.449 e. The van der Waals surface area contributed by atoms with Gasteiger partial charge >= 0.3 is 5.97 Å². The first kappa shape index (κ1) is 18.4. The van der Waals surface area contributed by atoms with E-state index in [2.05, 4.69) is 21.2 Å². The van der Waals surface area contributed by atoms with Crippen molar-refractivity contribution in [2.45, 2.75) is 13.0 Å². The summed E-state index contributed by atoms with van der Waals surface area (Å²) in [4.78, 5) is 24.0. The smallest absolute Gasteiger partial charge is 0.331 e. The standard InChI is InChI=1S/C19H15BrN2O3/c1-13(19(24)22-17-9-5-3-7-15(17)12-21)25-18(23)11-10-14-6-2-4-8-16(14)20/h2-11,13H,1H3,(H,22,24)/b11-10+/t13-/m0/s1. The summed E-state index contributed by atoms with van der Waals surface area (Å²) in [6.07, 6.45) is 1.86. The molecule has 1 atom stereocenters. The molecule has 2 rings (SSSR count). The van der Waals surface area contributed by atoms with Crippen LogP contribution in [0.4, 0.5) is 5.69 Å². The number of amides is 1. The van der Waals surface area contributed by atoms with Gasteiger partial charge in [-0.25, -0.2) is 4.79 Å². The molecule has 0 saturated carbocycles. The zero-order valence-corrected chi connectivity index (χ0v) is 15.0. The number of para-hydroxylation sites is 1. The topological polar surface area (TPSA) is 79.2 Å². The third-order valence-electron chi connectivity index (χ3n) is 3.27. The number of hydrogen-bond acceptors (Lipinski definition) is 4. The average Bonchev–Trinajstić information content (AvgIpc) is 2.61. The normalized spacial score (nSPS) is 11.6. The fraction of sp³-hybridized carbons (Fsp3) is 0.105. The second-order valence-corrected chi connectivity index (χ2v) is 5.93. The number of carbonyl (C=O) groups is 2. The Balaban J connectivity index is 1.95. The van der Waals surface area contributed by atoms with Gasteiger partial charge in [0.2, 0.25) is 0 Å². The second-order valence-electron chi connectivity index (χ2n) is 5.08. The van der Waals surface area contributed by atoms with Gasteiger partial charge in [-0.3, -0.25) is 4.79 Å². The molecule has 0 saturated heterocycles. The van der Waals surface area contributed by atoms with Crippen LogP contribution in [0.5, 0.6) is 0 Å². The number of benzene rings is 2. The lowest BCUT2D eigenvalue weighted by Crippen LogP contribution is -2.29. The Labute approximate surface area is 154 Å². The van der Waals surface area contributed by atoms with Crippen LogP contribution < -0.4 is 5.32 Å². The van der Waals surface area contributed by atoms with Gasteiger partial charge in [-0.15, -0.1) is 0 Å². The van der Waals surface area contributed by atoms with E-state index in [1.807, 2.05) is 30.3 Å². The van der Waals surface area contributed by atoms with Gasteiger partial charge in [-0.2, -0.15) is 5.26 Å². The van der Waals surface area contributed by atoms with Crippen molar-refractivity contribution in [3.8, 4) is 6.07 Å². The molecule has 5 nitrogen and oxygen atoms in total. The summed E-state index contributed by atoms with van der Waals surface area (Å²) in [6, 6.07) is 16.0. The monoisotopic (exact) mass is 398 g/mol. The van der Waals surface area contributed by atoms with Crippen molar-refractivity contribution in [3.63, 3.8) is 0 Å². The van der Waals surface area contributed by atoms with Crippen LogP contribution in [0.25, 0.3) is 6.08 Å². The maximum Gasteiger partial charge on any atom is 0.331 e. The van der Waals surface area contributed by atoms with Crippen LogP contribution in [0.15, 0.2) is 59.1 Å². The number of nitrogens with one attached hydrogen (secondary N) is 1. The Bertz CT molecular complexity index is 856. The molecule has 6 heteroatoms. The summed E-state index contributed by atoms with van der Waals surface area (Å²) in [6.45, 7) is 1.47. The van der Waals surface area contributed by atoms with Crippen molar-refractivity contribution in [3.05, 3.63) is 70.2 Å². The first-order valence-electron chi connectivity index (χ1n) is 7.44. The molecule has 1 amide bonds. The van der Waals surface area contributed by atoms with Crippen LogP contribution in [-0.4, -0.2) is 18.0 Å². The van der Waals surface area contributed by atoms with E-state index in [1.54, 1.807) is 30.3 Å². The fourth-order valence-electron chi connectivity index (χ4n) is 1.96. The van der Waals surface area contributed by atoms with Crippen molar-refractivity contribution in [1.82, 2.24) is 0 Å². The number of nitriles is 1. The molecule has 0 spiro atoms. The highest BCUT2D eigenvalue weighted by molar-refractivity contribution is 9.10. The summed E-state index contributed by atoms with van der Waals surface area (Å²) in [5, 5.41) is 11.6. The molecule has 25 heavy (non-hydrogen) atoms. The summed E-state index contributed by atoms with van der Waals surface area (Å²) >= 11 is 3.38. The quantitative estimate of drug-likeness (QED) is 0.611. The Hall–Kier alpha value is -2.91. The zero-order chi connectivity index (χ0) is 18.2. The Morgan fingerprint density at radius 3 is 2.60 bits per heavy atom. The Morgan fingerprint density at radius 2 is 1.88 bits per heavy atom. The summed E-state index contributed by atoms with van der Waals surface area (Å²) in [5.41, 5.74) is 1.53. The molecule has 0 aliphatic heterocycles. The van der Waals surface area contributed by atoms with Gasteiger partial charge in [-0.1, -0.05) is 46.3 Å². The number of rotatable bonds is 5. The minimum Gasteiger partial charge on any atom is -0.449 e. The van der Waals surface area contributed by atoms with Gasteiger partial charge in [0.25, 0.3) is 5.91 Å². The zero-order valence-electron chi connectivity index (χ0n) is 13.4. The minimum absolute atomic E-state index is 0.336. The van der Waals surface area contributed by atoms with Crippen molar-refractivity contribution < 1.29 is 14.3 Å². The molecule has 2 aromatic rings. The third kappa shape index (κ3) is 5.30. The van der Waals surface area contributed by atoms with Crippen LogP contribution in [0, 0.1) is 11.3 Å². The van der Waals surface area contributed by atoms with Crippen LogP contribution in [0.1, 0.15) is 18.1 Å². The molecular weight excluding hydrogens is 384 g/mol. The number of nitrogens with zero attached hydrogens (tertiary/aromatic N) is 1. The van der Waals surface area contributed by atoms with Gasteiger partial charge in [0.05, 0.1) is 11.3 Å². The van der Waals surface area contributed by atoms with Gasteiger partial charge in [-0.05, 0) is 36.8 Å². The maximum atomic E-state index is 12.1. The number of anilines is 1. The number of ether oxygens (including phenoxy) is 1. The molecule has 1 N–H and O–H groups in total. The molecule has 0 aromatic heterocycles. The van der Waals surface area contributed by atoms with E-state index >= 15 is 0 Å². The molecule has 126 valence electrons. The highest BCUT2D eigenvalue weighted by atomic mass is 79.9. The van der Waals surface area contributed by atoms with E-state index in [9.17, 15) is 9.59 Å². The molecule has 0 heterocycles. The van der Waals surface area contributed by atoms with Crippen LogP contribution in [0.3, 0.4) is 0 Å². The molecule has 0 unspecified atom stereocenters. The number of halogens is 1. The van der Waals surface area contributed by atoms with Gasteiger partial charge < -0.3 is 10.1 Å². The number of esters is 1. The lowest BCUT2D eigenvalue weighted by molar-refractivity contribution is -0.148. The van der Waals surface area contributed by atoms with Crippen molar-refractivity contribution >= 4 is 39.6 Å². The molecular formula is C19H15BrN2O3. The predicted octanol–water partition coefficient (Wildman–Crippen LogP) is 3.90. The fourth-order valence-corrected chi connectivity index (χ4v) is 2.38. The molecule has 0 aliphatic carbocycles. The van der Waals surface area contributed by atoms with Crippen LogP contribution in [0.2, 0.25) is 0 Å². The van der Waals surface area contributed by atoms with E-state index < -0.39 is 18.0 Å². The first-order valence-corrected chi connectivity index (χ1v) is 8.24. The van der Waals surface area contributed by atoms with Crippen LogP contribution in [-0.2, 0) is 14.3 Å². The summed E-state index contributed by atoms with van der Waals surface area (Å²) < 4.78 is 5.93. The molecule has 0 radical (unpaired) electrons. The summed E-state index contributed by atoms with van der Waals surface area (Å²) in [7, 11) is 0. The van der Waals surface area contributed by atoms with Crippen LogP contribution >= 0.6 is 15.9 Å². The lowest BCUT2D eigenvalue weighted by atomic mass is 10.2. The van der Waals surface area contributed by atoms with Gasteiger partial charge in [0.15, 0.2) is 6.10 Å². The molecule has 0 aliphatic rings. The van der Waals surface area contributed by atoms with Crippen molar-refractivity contribution in [1.29, 1.82) is 5.26 Å². The maximum absolute atomic E-state index is 12.1. The number of carbonyl (C=O) groups excluding carboxylic acids is 2. The van der Waals surface area contributed by atoms with E-state index in [4.69, 9.17) is 10.00 Å². The number of hydrogen-bond donors (Lipinski definition) is 1. The minimum atomic E-state index is -0.997. The average molecular weight is 399 g/mol. The van der Waals surface area contributed by atoms with E-state index in [-0.39, 0.29) is 0 Å². The van der Waals surface area contributed by atoms with Gasteiger partial charge in [0.1, 0.15) is 6.07 Å². The Kier molecular flexibility index (Phi) is 6.49. The Morgan fingerprint density at radius 1 is 1.20 bits per heavy atom. The first-order chi connectivity index (χ1) is 12.0. The van der Waals surface area contributed by atoms with Gasteiger partial charge in [0, 0.05) is 10.5 Å². The second kappa shape index (κ2) is 8.81. The molecule has 2 aromatic carbocycles. The predicted molar refractivity (Wildman–Crippen MR) is 98.5 cm³/mol. The highest BCUT2D eigenvalue weighted by Crippen LogP contribution is 2.17. The van der Waals surface area contributed by atoms with Crippen molar-refractivity contribution in [2.24, 2.45) is 0 Å². The SMILES string of the molecule is C[C@H](OC(=O)/C=C/c1ccccc1Br)C(=O)Nc1ccccc1C#N. The summed E-state index contributed by atoms with van der Waals surface area (Å²) in [5.74, 6) is -1.14. The lowest BCUT2D eigenvalue weighted by Gasteiger charge is -2.13. The van der Waals surface area contributed by atoms with E-state index in [0.717, 1.165) is 10.0 Å². The van der Waals surface area contributed by atoms with Crippen molar-refractivity contribution in [2.75, 3.05) is 5.32 Å². The molecule has 0 fully saturated rings.